The summed E-state index contributed by atoms with van der Waals surface area (Å²) in [5, 5.41) is 23.0. The van der Waals surface area contributed by atoms with Gasteiger partial charge in [0.1, 0.15) is 5.56 Å². The van der Waals surface area contributed by atoms with Crippen molar-refractivity contribution in [3.63, 3.8) is 0 Å². The second-order valence-corrected chi connectivity index (χ2v) is 7.54. The maximum atomic E-state index is 11.6. The van der Waals surface area contributed by atoms with E-state index in [-0.39, 0.29) is 17.1 Å². The lowest BCUT2D eigenvalue weighted by Crippen LogP contribution is -2.58. The number of benzene rings is 2. The van der Waals surface area contributed by atoms with Crippen LogP contribution in [0.25, 0.3) is 6.08 Å². The maximum Gasteiger partial charge on any atom is 0.357 e. The van der Waals surface area contributed by atoms with Crippen molar-refractivity contribution in [3.05, 3.63) is 67.8 Å². The van der Waals surface area contributed by atoms with Gasteiger partial charge < -0.3 is 14.4 Å². The molecule has 9 nitrogen and oxygen atoms in total. The predicted octanol–water partition coefficient (Wildman–Crippen LogP) is 4.04. The SMILES string of the molecule is COc1cc([N+](=O)[O-])c([N+](=O)[O-])c2c1OC1(C=C2)N(C)c2ccccc2C1(C)C. The van der Waals surface area contributed by atoms with Crippen molar-refractivity contribution in [1.82, 2.24) is 0 Å². The number of fused-ring (bicyclic) bond motifs is 2. The lowest BCUT2D eigenvalue weighted by molar-refractivity contribution is -0.422. The average Bonchev–Trinajstić information content (AvgIpc) is 2.85. The molecule has 0 fully saturated rings. The highest BCUT2D eigenvalue weighted by atomic mass is 16.6. The third kappa shape index (κ3) is 2.27. The monoisotopic (exact) mass is 397 g/mol. The Hall–Kier alpha value is -3.62. The van der Waals surface area contributed by atoms with E-state index >= 15 is 0 Å². The molecular weight excluding hydrogens is 378 g/mol. The molecule has 4 rings (SSSR count). The molecule has 0 aliphatic carbocycles. The number of likely N-dealkylation sites (N-methyl/N-ethyl adjacent to an activating group) is 1. The van der Waals surface area contributed by atoms with Crippen LogP contribution in [-0.2, 0) is 5.41 Å². The summed E-state index contributed by atoms with van der Waals surface area (Å²) in [6, 6.07) is 8.91. The first-order valence-electron chi connectivity index (χ1n) is 8.91. The Morgan fingerprint density at radius 2 is 1.83 bits per heavy atom. The van der Waals surface area contributed by atoms with Gasteiger partial charge in [0.2, 0.25) is 5.72 Å². The van der Waals surface area contributed by atoms with Crippen molar-refractivity contribution >= 4 is 23.1 Å². The van der Waals surface area contributed by atoms with Gasteiger partial charge in [0.05, 0.1) is 28.4 Å². The average molecular weight is 397 g/mol. The van der Waals surface area contributed by atoms with Crippen LogP contribution >= 0.6 is 0 Å². The lowest BCUT2D eigenvalue weighted by Gasteiger charge is -2.45. The van der Waals surface area contributed by atoms with E-state index in [2.05, 4.69) is 0 Å². The topological polar surface area (TPSA) is 108 Å². The largest absolute Gasteiger partial charge is 0.493 e. The molecule has 2 aliphatic rings. The van der Waals surface area contributed by atoms with Gasteiger partial charge in [-0.1, -0.05) is 18.2 Å². The minimum absolute atomic E-state index is 0.0202. The summed E-state index contributed by atoms with van der Waals surface area (Å²) in [6.45, 7) is 4.05. The number of anilines is 1. The van der Waals surface area contributed by atoms with Gasteiger partial charge in [-0.25, -0.2) is 0 Å². The number of hydrogen-bond acceptors (Lipinski definition) is 7. The van der Waals surface area contributed by atoms with Crippen molar-refractivity contribution in [1.29, 1.82) is 0 Å². The maximum absolute atomic E-state index is 11.6. The number of hydrogen-bond donors (Lipinski definition) is 0. The molecule has 0 N–H and O–H groups in total. The molecule has 0 amide bonds. The van der Waals surface area contributed by atoms with Gasteiger partial charge in [-0.3, -0.25) is 20.2 Å². The van der Waals surface area contributed by atoms with Crippen LogP contribution in [0.4, 0.5) is 17.1 Å². The molecule has 29 heavy (non-hydrogen) atoms. The molecule has 1 spiro atoms. The number of nitrogens with zero attached hydrogens (tertiary/aromatic N) is 3. The quantitative estimate of drug-likeness (QED) is 0.568. The van der Waals surface area contributed by atoms with E-state index in [0.717, 1.165) is 17.3 Å². The van der Waals surface area contributed by atoms with Crippen LogP contribution in [0.15, 0.2) is 36.4 Å². The molecule has 2 heterocycles. The zero-order valence-corrected chi connectivity index (χ0v) is 16.3. The molecule has 2 aromatic rings. The van der Waals surface area contributed by atoms with Crippen LogP contribution in [-0.4, -0.2) is 29.7 Å². The molecule has 1 unspecified atom stereocenters. The van der Waals surface area contributed by atoms with Crippen LogP contribution in [0.3, 0.4) is 0 Å². The zero-order valence-electron chi connectivity index (χ0n) is 16.3. The fourth-order valence-corrected chi connectivity index (χ4v) is 4.37. The third-order valence-corrected chi connectivity index (χ3v) is 5.90. The van der Waals surface area contributed by atoms with E-state index in [1.165, 1.54) is 13.2 Å². The standard InChI is InChI=1S/C20H19N3O6/c1-19(2)13-7-5-6-8-14(13)21(3)20(19)10-9-12-17(23(26)27)15(22(24)25)11-16(28-4)18(12)29-20/h5-11H,1-4H3. The van der Waals surface area contributed by atoms with Gasteiger partial charge >= 0.3 is 11.4 Å². The van der Waals surface area contributed by atoms with Crippen LogP contribution < -0.4 is 14.4 Å². The van der Waals surface area contributed by atoms with E-state index in [9.17, 15) is 20.2 Å². The van der Waals surface area contributed by atoms with E-state index < -0.39 is 32.4 Å². The number of ether oxygens (including phenoxy) is 2. The molecule has 2 aliphatic heterocycles. The summed E-state index contributed by atoms with van der Waals surface area (Å²) in [4.78, 5) is 23.5. The van der Waals surface area contributed by atoms with E-state index in [4.69, 9.17) is 9.47 Å². The molecule has 0 aromatic heterocycles. The van der Waals surface area contributed by atoms with Gasteiger partial charge in [0.25, 0.3) is 0 Å². The summed E-state index contributed by atoms with van der Waals surface area (Å²) < 4.78 is 11.7. The second kappa shape index (κ2) is 5.94. The smallest absolute Gasteiger partial charge is 0.357 e. The number of nitro groups is 2. The number of methoxy groups -OCH3 is 1. The molecule has 2 aromatic carbocycles. The normalized spacial score (nSPS) is 20.8. The second-order valence-electron chi connectivity index (χ2n) is 7.54. The first-order valence-corrected chi connectivity index (χ1v) is 8.91. The highest BCUT2D eigenvalue weighted by Crippen LogP contribution is 2.57. The summed E-state index contributed by atoms with van der Waals surface area (Å²) in [6.07, 6.45) is 3.25. The Labute approximate surface area is 166 Å². The summed E-state index contributed by atoms with van der Waals surface area (Å²) in [7, 11) is 3.23. The van der Waals surface area contributed by atoms with E-state index in [1.807, 2.05) is 50.1 Å². The van der Waals surface area contributed by atoms with E-state index in [1.54, 1.807) is 6.08 Å². The Morgan fingerprint density at radius 3 is 2.41 bits per heavy atom. The van der Waals surface area contributed by atoms with Gasteiger partial charge in [0, 0.05) is 12.7 Å². The van der Waals surface area contributed by atoms with Gasteiger partial charge in [-0.05, 0) is 37.6 Å². The molecule has 0 saturated heterocycles. The Kier molecular flexibility index (Phi) is 3.83. The Bertz CT molecular complexity index is 1090. The predicted molar refractivity (Wildman–Crippen MR) is 107 cm³/mol. The molecule has 0 saturated carbocycles. The highest BCUT2D eigenvalue weighted by Gasteiger charge is 2.58. The number of rotatable bonds is 3. The number of para-hydroxylation sites is 1. The molecule has 0 radical (unpaired) electrons. The van der Waals surface area contributed by atoms with Gasteiger partial charge in [0.15, 0.2) is 11.5 Å². The third-order valence-electron chi connectivity index (χ3n) is 5.90. The van der Waals surface area contributed by atoms with Crippen LogP contribution in [0.1, 0.15) is 25.0 Å². The van der Waals surface area contributed by atoms with Crippen molar-refractivity contribution in [2.45, 2.75) is 25.0 Å². The highest BCUT2D eigenvalue weighted by molar-refractivity contribution is 5.81. The summed E-state index contributed by atoms with van der Waals surface area (Å²) in [5.74, 6) is 0.182. The minimum Gasteiger partial charge on any atom is -0.493 e. The molecule has 0 bridgehead atoms. The molecule has 1 atom stereocenters. The van der Waals surface area contributed by atoms with Crippen LogP contribution in [0, 0.1) is 20.2 Å². The zero-order chi connectivity index (χ0) is 21.1. The Balaban J connectivity index is 1.98. The van der Waals surface area contributed by atoms with Crippen LogP contribution in [0.5, 0.6) is 11.5 Å². The fraction of sp³-hybridized carbons (Fsp3) is 0.300. The Morgan fingerprint density at radius 1 is 1.14 bits per heavy atom. The van der Waals surface area contributed by atoms with E-state index in [0.29, 0.717) is 0 Å². The first kappa shape index (κ1) is 18.7. The van der Waals surface area contributed by atoms with Crippen molar-refractivity contribution in [2.24, 2.45) is 0 Å². The summed E-state index contributed by atoms with van der Waals surface area (Å²) in [5.41, 5.74) is -0.710. The van der Waals surface area contributed by atoms with Crippen LogP contribution in [0.2, 0.25) is 0 Å². The fourth-order valence-electron chi connectivity index (χ4n) is 4.37. The van der Waals surface area contributed by atoms with Gasteiger partial charge in [-0.15, -0.1) is 0 Å². The molecule has 150 valence electrons. The minimum atomic E-state index is -0.985. The van der Waals surface area contributed by atoms with Gasteiger partial charge in [-0.2, -0.15) is 0 Å². The number of nitro benzene ring substituents is 2. The van der Waals surface area contributed by atoms with Crippen molar-refractivity contribution in [2.75, 3.05) is 19.1 Å². The lowest BCUT2D eigenvalue weighted by atomic mass is 9.76. The first-order chi connectivity index (χ1) is 13.7. The summed E-state index contributed by atoms with van der Waals surface area (Å²) >= 11 is 0. The van der Waals surface area contributed by atoms with Crippen molar-refractivity contribution < 1.29 is 19.3 Å². The molecular formula is C20H19N3O6. The molecule has 9 heteroatoms. The van der Waals surface area contributed by atoms with Crippen molar-refractivity contribution in [3.8, 4) is 11.5 Å².